The van der Waals surface area contributed by atoms with Gasteiger partial charge in [-0.2, -0.15) is 0 Å². The monoisotopic (exact) mass is 256 g/mol. The van der Waals surface area contributed by atoms with E-state index in [4.69, 9.17) is 4.74 Å². The van der Waals surface area contributed by atoms with Crippen LogP contribution in [0.5, 0.6) is 0 Å². The summed E-state index contributed by atoms with van der Waals surface area (Å²) in [5.74, 6) is 0. The second-order valence-electron chi connectivity index (χ2n) is 5.98. The fourth-order valence-electron chi connectivity index (χ4n) is 2.63. The molecule has 0 bridgehead atoms. The molecule has 0 unspecified atom stereocenters. The van der Waals surface area contributed by atoms with Crippen LogP contribution in [0.4, 0.5) is 0 Å². The van der Waals surface area contributed by atoms with E-state index in [0.717, 1.165) is 26.3 Å². The number of nitrogens with zero attached hydrogens (tertiary/aromatic N) is 1. The SMILES string of the molecule is CCC(CC)(CNC(C)C)CN1CCCOCC1. The molecule has 1 aliphatic rings. The standard InChI is InChI=1S/C15H32N2O/c1-5-15(6-2,12-16-14(3)4)13-17-8-7-10-18-11-9-17/h14,16H,5-13H2,1-4H3. The molecule has 0 amide bonds. The van der Waals surface area contributed by atoms with Crippen LogP contribution >= 0.6 is 0 Å². The summed E-state index contributed by atoms with van der Waals surface area (Å²) in [7, 11) is 0. The van der Waals surface area contributed by atoms with Gasteiger partial charge >= 0.3 is 0 Å². The Balaban J connectivity index is 2.53. The van der Waals surface area contributed by atoms with E-state index in [2.05, 4.69) is 37.9 Å². The van der Waals surface area contributed by atoms with Crippen molar-refractivity contribution < 1.29 is 4.74 Å². The van der Waals surface area contributed by atoms with Gasteiger partial charge in [-0.25, -0.2) is 0 Å². The Morgan fingerprint density at radius 1 is 1.17 bits per heavy atom. The molecule has 3 nitrogen and oxygen atoms in total. The molecule has 0 aromatic carbocycles. The molecule has 1 aliphatic heterocycles. The van der Waals surface area contributed by atoms with Crippen molar-refractivity contribution in [1.29, 1.82) is 0 Å². The van der Waals surface area contributed by atoms with Gasteiger partial charge in [0.2, 0.25) is 0 Å². The third-order valence-corrected chi connectivity index (χ3v) is 4.26. The van der Waals surface area contributed by atoms with E-state index in [1.165, 1.54) is 32.4 Å². The van der Waals surface area contributed by atoms with Gasteiger partial charge in [0.05, 0.1) is 6.61 Å². The van der Waals surface area contributed by atoms with Crippen LogP contribution < -0.4 is 5.32 Å². The Morgan fingerprint density at radius 2 is 1.89 bits per heavy atom. The third kappa shape index (κ3) is 5.25. The zero-order valence-electron chi connectivity index (χ0n) is 12.8. The average Bonchev–Trinajstić information content (AvgIpc) is 2.63. The lowest BCUT2D eigenvalue weighted by Crippen LogP contribution is -2.45. The van der Waals surface area contributed by atoms with Gasteiger partial charge in [-0.05, 0) is 24.7 Å². The molecule has 0 atom stereocenters. The minimum absolute atomic E-state index is 0.425. The van der Waals surface area contributed by atoms with Crippen LogP contribution in [0.3, 0.4) is 0 Å². The summed E-state index contributed by atoms with van der Waals surface area (Å²) in [6.45, 7) is 15.6. The molecule has 18 heavy (non-hydrogen) atoms. The Bertz CT molecular complexity index is 207. The largest absolute Gasteiger partial charge is 0.380 e. The van der Waals surface area contributed by atoms with Gasteiger partial charge in [0, 0.05) is 38.8 Å². The first-order valence-electron chi connectivity index (χ1n) is 7.65. The normalized spacial score (nSPS) is 19.2. The minimum Gasteiger partial charge on any atom is -0.380 e. The Kier molecular flexibility index (Phi) is 7.20. The van der Waals surface area contributed by atoms with Gasteiger partial charge in [0.15, 0.2) is 0 Å². The van der Waals surface area contributed by atoms with Crippen molar-refractivity contribution in [2.75, 3.05) is 39.4 Å². The molecule has 108 valence electrons. The smallest absolute Gasteiger partial charge is 0.0593 e. The number of rotatable bonds is 7. The first-order valence-corrected chi connectivity index (χ1v) is 7.65. The van der Waals surface area contributed by atoms with E-state index in [1.54, 1.807) is 0 Å². The maximum Gasteiger partial charge on any atom is 0.0593 e. The van der Waals surface area contributed by atoms with E-state index in [1.807, 2.05) is 0 Å². The Hall–Kier alpha value is -0.120. The fourth-order valence-corrected chi connectivity index (χ4v) is 2.63. The molecule has 0 aromatic rings. The molecule has 1 N–H and O–H groups in total. The zero-order valence-corrected chi connectivity index (χ0v) is 12.8. The highest BCUT2D eigenvalue weighted by Crippen LogP contribution is 2.27. The van der Waals surface area contributed by atoms with E-state index < -0.39 is 0 Å². The lowest BCUT2D eigenvalue weighted by Gasteiger charge is -2.37. The Morgan fingerprint density at radius 3 is 2.50 bits per heavy atom. The molecule has 1 fully saturated rings. The van der Waals surface area contributed by atoms with Crippen LogP contribution in [0.25, 0.3) is 0 Å². The first kappa shape index (κ1) is 15.9. The van der Waals surface area contributed by atoms with Crippen molar-refractivity contribution in [2.45, 2.75) is 53.0 Å². The van der Waals surface area contributed by atoms with E-state index >= 15 is 0 Å². The number of hydrogen-bond donors (Lipinski definition) is 1. The summed E-state index contributed by atoms with van der Waals surface area (Å²) in [4.78, 5) is 2.60. The topological polar surface area (TPSA) is 24.5 Å². The maximum atomic E-state index is 5.55. The predicted octanol–water partition coefficient (Wildman–Crippen LogP) is 2.51. The third-order valence-electron chi connectivity index (χ3n) is 4.26. The lowest BCUT2D eigenvalue weighted by atomic mass is 9.81. The molecule has 0 aliphatic carbocycles. The van der Waals surface area contributed by atoms with Gasteiger partial charge in [-0.1, -0.05) is 27.7 Å². The number of ether oxygens (including phenoxy) is 1. The summed E-state index contributed by atoms with van der Waals surface area (Å²) in [5.41, 5.74) is 0.425. The van der Waals surface area contributed by atoms with Crippen molar-refractivity contribution in [3.63, 3.8) is 0 Å². The molecule has 3 heteroatoms. The molecule has 0 spiro atoms. The number of nitrogens with one attached hydrogen (secondary N) is 1. The van der Waals surface area contributed by atoms with Crippen LogP contribution in [0.2, 0.25) is 0 Å². The van der Waals surface area contributed by atoms with Crippen LogP contribution in [-0.4, -0.2) is 50.3 Å². The van der Waals surface area contributed by atoms with Gasteiger partial charge in [-0.3, -0.25) is 0 Å². The highest BCUT2D eigenvalue weighted by atomic mass is 16.5. The van der Waals surface area contributed by atoms with E-state index in [-0.39, 0.29) is 0 Å². The molecule has 0 aromatic heterocycles. The second-order valence-corrected chi connectivity index (χ2v) is 5.98. The van der Waals surface area contributed by atoms with Crippen molar-refractivity contribution in [3.05, 3.63) is 0 Å². The molecule has 1 heterocycles. The summed E-state index contributed by atoms with van der Waals surface area (Å²) < 4.78 is 5.55. The summed E-state index contributed by atoms with van der Waals surface area (Å²) >= 11 is 0. The van der Waals surface area contributed by atoms with Crippen molar-refractivity contribution in [3.8, 4) is 0 Å². The highest BCUT2D eigenvalue weighted by molar-refractivity contribution is 4.84. The molecular weight excluding hydrogens is 224 g/mol. The lowest BCUT2D eigenvalue weighted by molar-refractivity contribution is 0.113. The zero-order chi connectivity index (χ0) is 13.4. The van der Waals surface area contributed by atoms with Crippen LogP contribution in [0.1, 0.15) is 47.0 Å². The Labute approximate surface area is 113 Å². The van der Waals surface area contributed by atoms with Gasteiger partial charge in [0.25, 0.3) is 0 Å². The molecular formula is C15H32N2O. The molecule has 0 saturated carbocycles. The predicted molar refractivity (Wildman–Crippen MR) is 78.0 cm³/mol. The molecule has 1 saturated heterocycles. The summed E-state index contributed by atoms with van der Waals surface area (Å²) in [5, 5.41) is 3.64. The van der Waals surface area contributed by atoms with Gasteiger partial charge in [0.1, 0.15) is 0 Å². The van der Waals surface area contributed by atoms with Crippen molar-refractivity contribution in [2.24, 2.45) is 5.41 Å². The van der Waals surface area contributed by atoms with Gasteiger partial charge < -0.3 is 15.0 Å². The number of hydrogen-bond acceptors (Lipinski definition) is 3. The van der Waals surface area contributed by atoms with Crippen LogP contribution in [0.15, 0.2) is 0 Å². The fraction of sp³-hybridized carbons (Fsp3) is 1.00. The van der Waals surface area contributed by atoms with E-state index in [0.29, 0.717) is 11.5 Å². The summed E-state index contributed by atoms with van der Waals surface area (Å²) in [6.07, 6.45) is 3.68. The minimum atomic E-state index is 0.425. The first-order chi connectivity index (χ1) is 8.62. The summed E-state index contributed by atoms with van der Waals surface area (Å²) in [6, 6.07) is 0.579. The quantitative estimate of drug-likeness (QED) is 0.757. The van der Waals surface area contributed by atoms with E-state index in [9.17, 15) is 0 Å². The highest BCUT2D eigenvalue weighted by Gasteiger charge is 2.29. The average molecular weight is 256 g/mol. The molecule has 0 radical (unpaired) electrons. The van der Waals surface area contributed by atoms with Crippen molar-refractivity contribution in [1.82, 2.24) is 10.2 Å². The van der Waals surface area contributed by atoms with Gasteiger partial charge in [-0.15, -0.1) is 0 Å². The van der Waals surface area contributed by atoms with Crippen molar-refractivity contribution >= 4 is 0 Å². The second kappa shape index (κ2) is 8.13. The molecule has 1 rings (SSSR count). The maximum absolute atomic E-state index is 5.55. The van der Waals surface area contributed by atoms with Crippen LogP contribution in [0, 0.1) is 5.41 Å². The van der Waals surface area contributed by atoms with Crippen LogP contribution in [-0.2, 0) is 4.74 Å².